The first-order valence-corrected chi connectivity index (χ1v) is 8.17. The van der Waals surface area contributed by atoms with Crippen LogP contribution in [0.2, 0.25) is 0 Å². The summed E-state index contributed by atoms with van der Waals surface area (Å²) in [6.07, 6.45) is 8.16. The first-order valence-electron chi connectivity index (χ1n) is 8.17. The van der Waals surface area contributed by atoms with Crippen LogP contribution in [0.25, 0.3) is 17.1 Å². The van der Waals surface area contributed by atoms with Crippen LogP contribution >= 0.6 is 0 Å². The summed E-state index contributed by atoms with van der Waals surface area (Å²) in [5, 5.41) is 15.3. The number of anilines is 1. The Kier molecular flexibility index (Phi) is 3.21. The lowest BCUT2D eigenvalue weighted by atomic mass is 9.87. The molecule has 2 aromatic rings. The van der Waals surface area contributed by atoms with Gasteiger partial charge in [-0.05, 0) is 13.3 Å². The molecule has 0 amide bonds. The second-order valence-corrected chi connectivity index (χ2v) is 6.65. The zero-order valence-corrected chi connectivity index (χ0v) is 13.7. The van der Waals surface area contributed by atoms with E-state index in [-0.39, 0.29) is 12.0 Å². The Morgan fingerprint density at radius 1 is 1.48 bits per heavy atom. The molecule has 2 N–H and O–H groups in total. The lowest BCUT2D eigenvalue weighted by molar-refractivity contribution is -0.0830. The minimum absolute atomic E-state index is 0.0405. The maximum Gasteiger partial charge on any atom is 0.164 e. The normalized spacial score (nSPS) is 33.0. The van der Waals surface area contributed by atoms with Crippen molar-refractivity contribution in [2.45, 2.75) is 45.1 Å². The molecule has 0 aliphatic carbocycles. The number of ether oxygens (including phenoxy) is 1. The fraction of sp³-hybridized carbons (Fsp3) is 0.529. The van der Waals surface area contributed by atoms with Gasteiger partial charge in [0, 0.05) is 24.2 Å². The Morgan fingerprint density at radius 2 is 2.30 bits per heavy atom. The topological polar surface area (TPSA) is 72.2 Å². The van der Waals surface area contributed by atoms with E-state index in [1.54, 1.807) is 6.33 Å². The molecule has 0 spiro atoms. The van der Waals surface area contributed by atoms with Gasteiger partial charge in [-0.2, -0.15) is 0 Å². The highest BCUT2D eigenvalue weighted by atomic mass is 16.5. The molecule has 2 aliphatic rings. The number of aromatic nitrogens is 3. The van der Waals surface area contributed by atoms with Crippen molar-refractivity contribution in [2.24, 2.45) is 5.92 Å². The second-order valence-electron chi connectivity index (χ2n) is 6.65. The molecule has 1 fully saturated rings. The van der Waals surface area contributed by atoms with Gasteiger partial charge in [0.2, 0.25) is 0 Å². The SMILES string of the molecule is CC[C@H]1OC(n2cc3c4c(ncnc42)NCC=C3)[C@](C)(O)[C@@H]1C. The standard InChI is InChI=1S/C17H22N4O2/c1-4-12-10(2)17(3,22)16(23-12)21-8-11-6-5-7-18-14-13(11)15(21)20-9-19-14/h5-6,8-10,12,16,22H,4,7H2,1-3H3,(H,18,19,20)/t10-,12-,16?,17-/m1/s1. The lowest BCUT2D eigenvalue weighted by Crippen LogP contribution is -2.37. The van der Waals surface area contributed by atoms with Gasteiger partial charge in [0.1, 0.15) is 23.4 Å². The van der Waals surface area contributed by atoms with Crippen molar-refractivity contribution >= 4 is 22.9 Å². The molecule has 6 heteroatoms. The van der Waals surface area contributed by atoms with Gasteiger partial charge >= 0.3 is 0 Å². The van der Waals surface area contributed by atoms with Crippen molar-refractivity contribution in [3.8, 4) is 0 Å². The van der Waals surface area contributed by atoms with Crippen LogP contribution in [-0.4, -0.2) is 37.9 Å². The van der Waals surface area contributed by atoms with Crippen LogP contribution in [0.4, 0.5) is 5.82 Å². The van der Waals surface area contributed by atoms with Crippen molar-refractivity contribution < 1.29 is 9.84 Å². The van der Waals surface area contributed by atoms with Crippen molar-refractivity contribution in [3.05, 3.63) is 24.2 Å². The monoisotopic (exact) mass is 314 g/mol. The van der Waals surface area contributed by atoms with E-state index in [1.165, 1.54) is 0 Å². The molecule has 1 saturated heterocycles. The van der Waals surface area contributed by atoms with Crippen LogP contribution in [0, 0.1) is 5.92 Å². The number of hydrogen-bond donors (Lipinski definition) is 2. The van der Waals surface area contributed by atoms with Crippen LogP contribution in [0.1, 0.15) is 39.0 Å². The smallest absolute Gasteiger partial charge is 0.164 e. The summed E-state index contributed by atoms with van der Waals surface area (Å²) in [6.45, 7) is 6.73. The molecule has 2 aromatic heterocycles. The number of rotatable bonds is 2. The first-order chi connectivity index (χ1) is 11.0. The largest absolute Gasteiger partial charge is 0.385 e. The predicted octanol–water partition coefficient (Wildman–Crippen LogP) is 2.56. The predicted molar refractivity (Wildman–Crippen MR) is 89.0 cm³/mol. The van der Waals surface area contributed by atoms with E-state index < -0.39 is 11.8 Å². The van der Waals surface area contributed by atoms with Gasteiger partial charge in [-0.25, -0.2) is 9.97 Å². The van der Waals surface area contributed by atoms with E-state index in [0.29, 0.717) is 0 Å². The average molecular weight is 314 g/mol. The van der Waals surface area contributed by atoms with E-state index in [9.17, 15) is 5.11 Å². The second kappa shape index (κ2) is 5.04. The Hall–Kier alpha value is -1.92. The summed E-state index contributed by atoms with van der Waals surface area (Å²) in [5.41, 5.74) is 0.891. The summed E-state index contributed by atoms with van der Waals surface area (Å²) >= 11 is 0. The molecule has 0 radical (unpaired) electrons. The Labute approximate surface area is 135 Å². The van der Waals surface area contributed by atoms with Crippen molar-refractivity contribution in [1.29, 1.82) is 0 Å². The summed E-state index contributed by atoms with van der Waals surface area (Å²) in [6, 6.07) is 0. The summed E-state index contributed by atoms with van der Waals surface area (Å²) in [4.78, 5) is 8.80. The number of nitrogens with one attached hydrogen (secondary N) is 1. The van der Waals surface area contributed by atoms with E-state index >= 15 is 0 Å². The quantitative estimate of drug-likeness (QED) is 0.891. The molecule has 1 unspecified atom stereocenters. The Bertz CT molecular complexity index is 780. The van der Waals surface area contributed by atoms with Gasteiger partial charge in [-0.15, -0.1) is 0 Å². The highest BCUT2D eigenvalue weighted by Gasteiger charge is 2.50. The molecule has 23 heavy (non-hydrogen) atoms. The Morgan fingerprint density at radius 3 is 3.04 bits per heavy atom. The summed E-state index contributed by atoms with van der Waals surface area (Å²) < 4.78 is 8.15. The molecule has 0 bridgehead atoms. The molecular formula is C17H22N4O2. The summed E-state index contributed by atoms with van der Waals surface area (Å²) in [5.74, 6) is 0.882. The van der Waals surface area contributed by atoms with E-state index in [0.717, 1.165) is 35.4 Å². The molecule has 0 aromatic carbocycles. The molecular weight excluding hydrogens is 292 g/mol. The minimum atomic E-state index is -0.948. The third-order valence-electron chi connectivity index (χ3n) is 5.26. The van der Waals surface area contributed by atoms with E-state index in [2.05, 4.69) is 34.4 Å². The van der Waals surface area contributed by atoms with Crippen LogP contribution < -0.4 is 5.32 Å². The molecule has 0 saturated carbocycles. The zero-order chi connectivity index (χ0) is 16.2. The maximum atomic E-state index is 11.0. The van der Waals surface area contributed by atoms with Gasteiger partial charge in [0.05, 0.1) is 11.5 Å². The van der Waals surface area contributed by atoms with Crippen molar-refractivity contribution in [1.82, 2.24) is 14.5 Å². The Balaban J connectivity index is 1.90. The molecule has 4 rings (SSSR count). The fourth-order valence-electron chi connectivity index (χ4n) is 3.71. The van der Waals surface area contributed by atoms with Crippen LogP contribution in [0.5, 0.6) is 0 Å². The zero-order valence-electron chi connectivity index (χ0n) is 13.7. The molecule has 122 valence electrons. The van der Waals surface area contributed by atoms with Crippen molar-refractivity contribution in [2.75, 3.05) is 11.9 Å². The lowest BCUT2D eigenvalue weighted by Gasteiger charge is -2.28. The summed E-state index contributed by atoms with van der Waals surface area (Å²) in [7, 11) is 0. The minimum Gasteiger partial charge on any atom is -0.385 e. The molecule has 2 aliphatic heterocycles. The van der Waals surface area contributed by atoms with Gasteiger partial charge in [-0.3, -0.25) is 0 Å². The first kappa shape index (κ1) is 14.7. The number of aliphatic hydroxyl groups is 1. The van der Waals surface area contributed by atoms with E-state index in [1.807, 2.05) is 24.6 Å². The fourth-order valence-corrected chi connectivity index (χ4v) is 3.71. The van der Waals surface area contributed by atoms with Gasteiger partial charge in [0.15, 0.2) is 6.23 Å². The number of hydrogen-bond acceptors (Lipinski definition) is 5. The van der Waals surface area contributed by atoms with Gasteiger partial charge < -0.3 is 19.7 Å². The highest BCUT2D eigenvalue weighted by molar-refractivity contribution is 5.96. The number of nitrogens with zero attached hydrogens (tertiary/aromatic N) is 3. The highest BCUT2D eigenvalue weighted by Crippen LogP contribution is 2.45. The molecule has 4 atom stereocenters. The third kappa shape index (κ3) is 2.01. The maximum absolute atomic E-state index is 11.0. The van der Waals surface area contributed by atoms with E-state index in [4.69, 9.17) is 4.74 Å². The molecule has 4 heterocycles. The average Bonchev–Trinajstić information content (AvgIpc) is 2.90. The third-order valence-corrected chi connectivity index (χ3v) is 5.26. The van der Waals surface area contributed by atoms with Gasteiger partial charge in [-0.1, -0.05) is 26.0 Å². The van der Waals surface area contributed by atoms with Crippen LogP contribution in [0.3, 0.4) is 0 Å². The molecule has 6 nitrogen and oxygen atoms in total. The van der Waals surface area contributed by atoms with Gasteiger partial charge in [0.25, 0.3) is 0 Å². The van der Waals surface area contributed by atoms with Crippen molar-refractivity contribution in [3.63, 3.8) is 0 Å². The van der Waals surface area contributed by atoms with Crippen LogP contribution in [0.15, 0.2) is 18.6 Å². The van der Waals surface area contributed by atoms with Crippen LogP contribution in [-0.2, 0) is 4.74 Å².